The minimum absolute atomic E-state index is 0.456. The molecule has 2 aromatic carbocycles. The van der Waals surface area contributed by atoms with Crippen molar-refractivity contribution >= 4 is 11.6 Å². The second-order valence-corrected chi connectivity index (χ2v) is 6.57. The van der Waals surface area contributed by atoms with Crippen molar-refractivity contribution in [2.45, 2.75) is 19.5 Å². The van der Waals surface area contributed by atoms with Gasteiger partial charge in [-0.2, -0.15) is 0 Å². The predicted molar refractivity (Wildman–Crippen MR) is 106 cm³/mol. The van der Waals surface area contributed by atoms with Gasteiger partial charge in [0.05, 0.1) is 6.61 Å². The first kappa shape index (κ1) is 18.4. The first-order chi connectivity index (χ1) is 12.8. The fourth-order valence-electron chi connectivity index (χ4n) is 2.83. The van der Waals surface area contributed by atoms with Gasteiger partial charge in [-0.15, -0.1) is 0 Å². The van der Waals surface area contributed by atoms with Gasteiger partial charge in [-0.05, 0) is 23.6 Å². The zero-order valence-electron chi connectivity index (χ0n) is 14.7. The molecule has 134 valence electrons. The van der Waals surface area contributed by atoms with E-state index in [4.69, 9.17) is 16.3 Å². The number of benzene rings is 2. The first-order valence-electron chi connectivity index (χ1n) is 8.85. The summed E-state index contributed by atoms with van der Waals surface area (Å²) in [6.07, 6.45) is 0.924. The fraction of sp³-hybridized carbons (Fsp3) is 0.227. The smallest absolute Gasteiger partial charge is 0.214 e. The Morgan fingerprint density at radius 3 is 1.96 bits per heavy atom. The van der Waals surface area contributed by atoms with Gasteiger partial charge >= 0.3 is 0 Å². The van der Waals surface area contributed by atoms with Gasteiger partial charge in [0.15, 0.2) is 0 Å². The molecular formula is C22H23ClN2O. The van der Waals surface area contributed by atoms with Crippen molar-refractivity contribution in [3.8, 4) is 5.88 Å². The second kappa shape index (κ2) is 9.95. The minimum atomic E-state index is 0.456. The van der Waals surface area contributed by atoms with Crippen LogP contribution in [0.4, 0.5) is 0 Å². The van der Waals surface area contributed by atoms with Gasteiger partial charge in [0.25, 0.3) is 0 Å². The summed E-state index contributed by atoms with van der Waals surface area (Å²) in [5, 5.41) is 0.456. The van der Waals surface area contributed by atoms with E-state index in [9.17, 15) is 0 Å². The molecule has 3 rings (SSSR count). The normalized spacial score (nSPS) is 10.8. The lowest BCUT2D eigenvalue weighted by Crippen LogP contribution is -2.25. The molecule has 3 nitrogen and oxygen atoms in total. The Labute approximate surface area is 160 Å². The van der Waals surface area contributed by atoms with Crippen molar-refractivity contribution in [2.75, 3.05) is 13.2 Å². The molecule has 4 heteroatoms. The molecule has 0 bridgehead atoms. The quantitative estimate of drug-likeness (QED) is 0.384. The van der Waals surface area contributed by atoms with Gasteiger partial charge in [-0.25, -0.2) is 4.98 Å². The standard InChI is InChI=1S/C22H23ClN2O/c23-21-13-7-14-22(24-21)26-16-8-15-25(17-19-9-3-1-4-10-19)18-20-11-5-2-6-12-20/h1-7,9-14H,8,15-18H2. The van der Waals surface area contributed by atoms with E-state index in [2.05, 4.69) is 70.5 Å². The molecule has 1 aromatic heterocycles. The Hall–Kier alpha value is -2.36. The maximum absolute atomic E-state index is 5.89. The Bertz CT molecular complexity index is 739. The maximum Gasteiger partial charge on any atom is 0.214 e. The van der Waals surface area contributed by atoms with Crippen molar-refractivity contribution in [1.82, 2.24) is 9.88 Å². The van der Waals surface area contributed by atoms with Crippen LogP contribution in [0.25, 0.3) is 0 Å². The Morgan fingerprint density at radius 1 is 0.769 bits per heavy atom. The highest BCUT2D eigenvalue weighted by Gasteiger charge is 2.07. The summed E-state index contributed by atoms with van der Waals surface area (Å²) in [7, 11) is 0. The minimum Gasteiger partial charge on any atom is -0.478 e. The van der Waals surface area contributed by atoms with E-state index in [1.54, 1.807) is 6.07 Å². The van der Waals surface area contributed by atoms with E-state index in [0.717, 1.165) is 26.1 Å². The van der Waals surface area contributed by atoms with Gasteiger partial charge in [-0.1, -0.05) is 78.3 Å². The van der Waals surface area contributed by atoms with E-state index in [0.29, 0.717) is 17.6 Å². The molecule has 0 spiro atoms. The topological polar surface area (TPSA) is 25.4 Å². The number of hydrogen-bond acceptors (Lipinski definition) is 3. The highest BCUT2D eigenvalue weighted by Crippen LogP contribution is 2.13. The van der Waals surface area contributed by atoms with Crippen LogP contribution in [0.3, 0.4) is 0 Å². The number of aromatic nitrogens is 1. The Balaban J connectivity index is 1.54. The average molecular weight is 367 g/mol. The molecule has 0 unspecified atom stereocenters. The van der Waals surface area contributed by atoms with Crippen LogP contribution in [0, 0.1) is 0 Å². The molecule has 0 N–H and O–H groups in total. The highest BCUT2D eigenvalue weighted by molar-refractivity contribution is 6.29. The molecule has 0 atom stereocenters. The van der Waals surface area contributed by atoms with E-state index in [-0.39, 0.29) is 0 Å². The average Bonchev–Trinajstić information content (AvgIpc) is 2.67. The molecule has 0 saturated heterocycles. The third kappa shape index (κ3) is 6.17. The van der Waals surface area contributed by atoms with Crippen LogP contribution in [-0.2, 0) is 13.1 Å². The van der Waals surface area contributed by atoms with Crippen molar-refractivity contribution in [3.05, 3.63) is 95.1 Å². The lowest BCUT2D eigenvalue weighted by Gasteiger charge is -2.22. The summed E-state index contributed by atoms with van der Waals surface area (Å²) in [6, 6.07) is 26.6. The van der Waals surface area contributed by atoms with Gasteiger partial charge in [0.2, 0.25) is 5.88 Å². The molecular weight excluding hydrogens is 344 g/mol. The van der Waals surface area contributed by atoms with Gasteiger partial charge in [-0.3, -0.25) is 4.90 Å². The fourth-order valence-corrected chi connectivity index (χ4v) is 2.99. The lowest BCUT2D eigenvalue weighted by molar-refractivity contribution is 0.218. The maximum atomic E-state index is 5.89. The van der Waals surface area contributed by atoms with Crippen LogP contribution in [0.1, 0.15) is 17.5 Å². The number of rotatable bonds is 9. The monoisotopic (exact) mass is 366 g/mol. The largest absolute Gasteiger partial charge is 0.478 e. The molecule has 1 heterocycles. The van der Waals surface area contributed by atoms with Crippen LogP contribution >= 0.6 is 11.6 Å². The van der Waals surface area contributed by atoms with Crippen LogP contribution in [0.15, 0.2) is 78.9 Å². The number of halogens is 1. The number of nitrogens with zero attached hydrogens (tertiary/aromatic N) is 2. The SMILES string of the molecule is Clc1cccc(OCCCN(Cc2ccccc2)Cc2ccccc2)n1. The molecule has 0 aliphatic carbocycles. The summed E-state index contributed by atoms with van der Waals surface area (Å²) in [5.41, 5.74) is 2.64. The molecule has 3 aromatic rings. The summed E-state index contributed by atoms with van der Waals surface area (Å²) >= 11 is 5.89. The first-order valence-corrected chi connectivity index (χ1v) is 9.23. The van der Waals surface area contributed by atoms with Crippen LogP contribution in [0.2, 0.25) is 5.15 Å². The van der Waals surface area contributed by atoms with Crippen molar-refractivity contribution in [3.63, 3.8) is 0 Å². The van der Waals surface area contributed by atoms with Crippen molar-refractivity contribution in [1.29, 1.82) is 0 Å². The van der Waals surface area contributed by atoms with Crippen LogP contribution in [0.5, 0.6) is 5.88 Å². The third-order valence-corrected chi connectivity index (χ3v) is 4.27. The van der Waals surface area contributed by atoms with E-state index < -0.39 is 0 Å². The van der Waals surface area contributed by atoms with Gasteiger partial charge < -0.3 is 4.74 Å². The molecule has 0 fully saturated rings. The van der Waals surface area contributed by atoms with Crippen LogP contribution < -0.4 is 4.74 Å². The van der Waals surface area contributed by atoms with Gasteiger partial charge in [0, 0.05) is 25.7 Å². The third-order valence-electron chi connectivity index (χ3n) is 4.06. The molecule has 0 amide bonds. The summed E-state index contributed by atoms with van der Waals surface area (Å²) in [5.74, 6) is 0.579. The molecule has 26 heavy (non-hydrogen) atoms. The number of ether oxygens (including phenoxy) is 1. The Morgan fingerprint density at radius 2 is 1.38 bits per heavy atom. The highest BCUT2D eigenvalue weighted by atomic mass is 35.5. The zero-order chi connectivity index (χ0) is 18.0. The van der Waals surface area contributed by atoms with E-state index in [1.165, 1.54) is 11.1 Å². The molecule has 0 aliphatic heterocycles. The molecule has 0 radical (unpaired) electrons. The van der Waals surface area contributed by atoms with Crippen molar-refractivity contribution in [2.24, 2.45) is 0 Å². The van der Waals surface area contributed by atoms with Crippen LogP contribution in [-0.4, -0.2) is 23.0 Å². The van der Waals surface area contributed by atoms with Gasteiger partial charge in [0.1, 0.15) is 5.15 Å². The van der Waals surface area contributed by atoms with E-state index >= 15 is 0 Å². The van der Waals surface area contributed by atoms with E-state index in [1.807, 2.05) is 12.1 Å². The lowest BCUT2D eigenvalue weighted by atomic mass is 10.1. The summed E-state index contributed by atoms with van der Waals surface area (Å²) in [4.78, 5) is 6.60. The Kier molecular flexibility index (Phi) is 7.05. The molecule has 0 saturated carbocycles. The predicted octanol–water partition coefficient (Wildman–Crippen LogP) is 5.21. The summed E-state index contributed by atoms with van der Waals surface area (Å²) in [6.45, 7) is 3.41. The second-order valence-electron chi connectivity index (χ2n) is 6.18. The number of hydrogen-bond donors (Lipinski definition) is 0. The zero-order valence-corrected chi connectivity index (χ0v) is 15.5. The van der Waals surface area contributed by atoms with Crippen molar-refractivity contribution < 1.29 is 4.74 Å². The summed E-state index contributed by atoms with van der Waals surface area (Å²) < 4.78 is 5.72. The molecule has 0 aliphatic rings. The number of pyridine rings is 1.